The third kappa shape index (κ3) is 3.81. The van der Waals surface area contributed by atoms with Crippen LogP contribution in [0.2, 0.25) is 0 Å². The number of aryl methyl sites for hydroxylation is 1. The number of halogens is 2. The molecular weight excluding hydrogens is 350 g/mol. The van der Waals surface area contributed by atoms with Crippen molar-refractivity contribution in [3.05, 3.63) is 26.9 Å². The number of allylic oxidation sites excluding steroid dienone is 1. The van der Waals surface area contributed by atoms with E-state index in [0.717, 1.165) is 8.96 Å². The van der Waals surface area contributed by atoms with E-state index in [0.29, 0.717) is 18.0 Å². The van der Waals surface area contributed by atoms with Gasteiger partial charge in [-0.05, 0) is 37.9 Å². The van der Waals surface area contributed by atoms with Crippen LogP contribution in [0.3, 0.4) is 0 Å². The minimum absolute atomic E-state index is 0.428. The second-order valence-electron chi connectivity index (χ2n) is 2.96. The van der Waals surface area contributed by atoms with Crippen LogP contribution in [0.1, 0.15) is 5.69 Å². The summed E-state index contributed by atoms with van der Waals surface area (Å²) in [5.74, 6) is 0. The maximum atomic E-state index is 8.38. The number of nitriles is 2. The average Bonchev–Trinajstić information content (AvgIpc) is 2.85. The molecule has 1 aliphatic rings. The summed E-state index contributed by atoms with van der Waals surface area (Å²) in [4.78, 5) is 3.85. The number of hydrogen-bond acceptors (Lipinski definition) is 4. The molecule has 5 nitrogen and oxygen atoms in total. The van der Waals surface area contributed by atoms with E-state index in [1.54, 1.807) is 17.9 Å². The van der Waals surface area contributed by atoms with E-state index in [-0.39, 0.29) is 0 Å². The second-order valence-corrected chi connectivity index (χ2v) is 4.67. The first-order chi connectivity index (χ1) is 8.08. The van der Waals surface area contributed by atoms with Crippen LogP contribution in [0.5, 0.6) is 0 Å². The van der Waals surface area contributed by atoms with Gasteiger partial charge in [0.25, 0.3) is 0 Å². The highest BCUT2D eigenvalue weighted by Gasteiger charge is 2.05. The minimum atomic E-state index is 0.428. The van der Waals surface area contributed by atoms with Crippen LogP contribution < -0.4 is 0 Å². The number of hydrogen-bond donors (Lipinski definition) is 0. The molecule has 1 aromatic heterocycles. The molecule has 2 heterocycles. The van der Waals surface area contributed by atoms with Gasteiger partial charge in [-0.1, -0.05) is 0 Å². The number of aliphatic imine (C=N–C) groups is 1. The predicted molar refractivity (Wildman–Crippen MR) is 70.5 cm³/mol. The maximum absolute atomic E-state index is 8.38. The quantitative estimate of drug-likeness (QED) is 0.715. The Morgan fingerprint density at radius 3 is 2.29 bits per heavy atom. The Morgan fingerprint density at radius 2 is 2.06 bits per heavy atom. The van der Waals surface area contributed by atoms with E-state index < -0.39 is 0 Å². The van der Waals surface area contributed by atoms with Gasteiger partial charge in [0, 0.05) is 13.2 Å². The fourth-order valence-electron chi connectivity index (χ4n) is 1.01. The summed E-state index contributed by atoms with van der Waals surface area (Å²) in [5, 5.41) is 20.5. The molecule has 0 spiro atoms. The van der Waals surface area contributed by atoms with Gasteiger partial charge in [-0.3, -0.25) is 9.67 Å². The van der Waals surface area contributed by atoms with Crippen molar-refractivity contribution in [2.75, 3.05) is 6.54 Å². The fourth-order valence-corrected chi connectivity index (χ4v) is 1.84. The van der Waals surface area contributed by atoms with Gasteiger partial charge in [-0.2, -0.15) is 15.6 Å². The molecule has 0 unspecified atom stereocenters. The Labute approximate surface area is 115 Å². The standard InChI is InChI=1S/C5H4BrN3.C5H3BrN2/c1-9-3-4(6)5(2-7)8-9;6-4-1-2-8-5(4)3-7/h3H,1H3;1H,2H2. The van der Waals surface area contributed by atoms with Crippen molar-refractivity contribution < 1.29 is 0 Å². The highest BCUT2D eigenvalue weighted by molar-refractivity contribution is 9.12. The van der Waals surface area contributed by atoms with Crippen LogP contribution >= 0.6 is 31.9 Å². The first-order valence-electron chi connectivity index (χ1n) is 4.48. The summed E-state index contributed by atoms with van der Waals surface area (Å²) in [6, 6.07) is 3.89. The molecule has 0 radical (unpaired) electrons. The molecule has 0 N–H and O–H groups in total. The van der Waals surface area contributed by atoms with Crippen molar-refractivity contribution in [3.63, 3.8) is 0 Å². The van der Waals surface area contributed by atoms with Gasteiger partial charge >= 0.3 is 0 Å². The van der Waals surface area contributed by atoms with Gasteiger partial charge in [0.2, 0.25) is 0 Å². The Hall–Kier alpha value is -1.44. The van der Waals surface area contributed by atoms with Crippen LogP contribution in [-0.2, 0) is 7.05 Å². The van der Waals surface area contributed by atoms with Crippen molar-refractivity contribution in [2.45, 2.75) is 0 Å². The van der Waals surface area contributed by atoms with E-state index in [2.05, 4.69) is 42.0 Å². The topological polar surface area (TPSA) is 77.8 Å². The summed E-state index contributed by atoms with van der Waals surface area (Å²) in [6.07, 6.45) is 3.59. The third-order valence-electron chi connectivity index (χ3n) is 1.74. The highest BCUT2D eigenvalue weighted by Crippen LogP contribution is 2.12. The zero-order chi connectivity index (χ0) is 12.8. The summed E-state index contributed by atoms with van der Waals surface area (Å²) < 4.78 is 3.15. The lowest BCUT2D eigenvalue weighted by atomic mass is 10.4. The highest BCUT2D eigenvalue weighted by atomic mass is 79.9. The molecule has 1 aromatic rings. The van der Waals surface area contributed by atoms with Crippen LogP contribution in [0.4, 0.5) is 0 Å². The van der Waals surface area contributed by atoms with Crippen LogP contribution in [0, 0.1) is 22.7 Å². The molecule has 17 heavy (non-hydrogen) atoms. The molecule has 0 bridgehead atoms. The van der Waals surface area contributed by atoms with Gasteiger partial charge in [-0.25, -0.2) is 0 Å². The zero-order valence-corrected chi connectivity index (χ0v) is 12.0. The molecule has 0 aromatic carbocycles. The van der Waals surface area contributed by atoms with Crippen LogP contribution in [0.25, 0.3) is 0 Å². The summed E-state index contributed by atoms with van der Waals surface area (Å²) in [6.45, 7) is 0.642. The molecule has 1 aliphatic heterocycles. The van der Waals surface area contributed by atoms with Gasteiger partial charge in [-0.15, -0.1) is 0 Å². The largest absolute Gasteiger partial charge is 0.273 e. The van der Waals surface area contributed by atoms with Crippen LogP contribution in [0.15, 0.2) is 26.2 Å². The summed E-state index contributed by atoms with van der Waals surface area (Å²) in [7, 11) is 1.77. The molecular formula is C10H7Br2N5. The first-order valence-corrected chi connectivity index (χ1v) is 6.07. The minimum Gasteiger partial charge on any atom is -0.273 e. The molecule has 2 rings (SSSR count). The van der Waals surface area contributed by atoms with Gasteiger partial charge in [0.05, 0.1) is 15.5 Å². The SMILES string of the molecule is Cn1cc(Br)c(C#N)n1.N#CC1=NCC=C1Br. The second kappa shape index (κ2) is 6.33. The first kappa shape index (κ1) is 13.6. The van der Waals surface area contributed by atoms with Gasteiger partial charge in [0.15, 0.2) is 5.69 Å². The van der Waals surface area contributed by atoms with E-state index in [4.69, 9.17) is 10.5 Å². The predicted octanol–water partition coefficient (Wildman–Crippen LogP) is 2.30. The third-order valence-corrected chi connectivity index (χ3v) is 3.02. The molecule has 0 fully saturated rings. The van der Waals surface area contributed by atoms with Crippen molar-refractivity contribution in [3.8, 4) is 12.1 Å². The summed E-state index contributed by atoms with van der Waals surface area (Å²) in [5.41, 5.74) is 0.933. The molecule has 0 saturated heterocycles. The van der Waals surface area contributed by atoms with E-state index in [9.17, 15) is 0 Å². The Kier molecular flexibility index (Phi) is 5.08. The smallest absolute Gasteiger partial charge is 0.176 e. The molecule has 0 saturated carbocycles. The van der Waals surface area contributed by atoms with Gasteiger partial charge in [0.1, 0.15) is 17.9 Å². The Bertz CT molecular complexity index is 556. The zero-order valence-electron chi connectivity index (χ0n) is 8.85. The lowest BCUT2D eigenvalue weighted by Gasteiger charge is -1.79. The molecule has 0 aliphatic carbocycles. The summed E-state index contributed by atoms with van der Waals surface area (Å²) >= 11 is 6.34. The molecule has 0 atom stereocenters. The van der Waals surface area contributed by atoms with Crippen molar-refractivity contribution in [2.24, 2.45) is 12.0 Å². The van der Waals surface area contributed by atoms with Crippen molar-refractivity contribution >= 4 is 37.6 Å². The Balaban J connectivity index is 0.000000171. The normalized spacial score (nSPS) is 12.8. The van der Waals surface area contributed by atoms with Crippen LogP contribution in [-0.4, -0.2) is 22.0 Å². The molecule has 86 valence electrons. The monoisotopic (exact) mass is 355 g/mol. The van der Waals surface area contributed by atoms with Crippen molar-refractivity contribution in [1.29, 1.82) is 10.5 Å². The van der Waals surface area contributed by atoms with E-state index in [1.165, 1.54) is 0 Å². The lowest BCUT2D eigenvalue weighted by Crippen LogP contribution is -1.86. The number of rotatable bonds is 0. The fraction of sp³-hybridized carbons (Fsp3) is 0.200. The van der Waals surface area contributed by atoms with Crippen molar-refractivity contribution in [1.82, 2.24) is 9.78 Å². The Morgan fingerprint density at radius 1 is 1.35 bits per heavy atom. The average molecular weight is 357 g/mol. The number of nitrogens with zero attached hydrogens (tertiary/aromatic N) is 5. The number of aromatic nitrogens is 2. The molecule has 0 amide bonds. The maximum Gasteiger partial charge on any atom is 0.176 e. The lowest BCUT2D eigenvalue weighted by molar-refractivity contribution is 0.763. The molecule has 7 heteroatoms. The van der Waals surface area contributed by atoms with E-state index in [1.807, 2.05) is 18.2 Å². The van der Waals surface area contributed by atoms with E-state index >= 15 is 0 Å². The van der Waals surface area contributed by atoms with Gasteiger partial charge < -0.3 is 0 Å².